The van der Waals surface area contributed by atoms with Crippen molar-refractivity contribution >= 4 is 46.9 Å². The van der Waals surface area contributed by atoms with E-state index < -0.39 is 0 Å². The largest absolute Gasteiger partial charge is 0.464 e. The Kier molecular flexibility index (Phi) is 8.14. The lowest BCUT2D eigenvalue weighted by Crippen LogP contribution is -2.23. The van der Waals surface area contributed by atoms with Gasteiger partial charge in [0, 0.05) is 16.8 Å². The number of aliphatic imine (C=N–C) groups is 2. The van der Waals surface area contributed by atoms with Crippen LogP contribution in [0, 0.1) is 0 Å². The van der Waals surface area contributed by atoms with Crippen molar-refractivity contribution < 1.29 is 4.42 Å². The summed E-state index contributed by atoms with van der Waals surface area (Å²) in [5, 5.41) is 5.04. The summed E-state index contributed by atoms with van der Waals surface area (Å²) in [6.07, 6.45) is 3.47. The van der Waals surface area contributed by atoms with Crippen LogP contribution in [0.25, 0.3) is 55.5 Å². The average molecular weight is 707 g/mol. The predicted octanol–water partition coefficient (Wildman–Crippen LogP) is 11.2. The minimum atomic E-state index is -0.0358. The molecule has 2 unspecified atom stereocenters. The number of para-hydroxylation sites is 1. The van der Waals surface area contributed by atoms with Crippen LogP contribution in [0.3, 0.4) is 0 Å². The molecule has 55 heavy (non-hydrogen) atoms. The molecule has 0 saturated heterocycles. The van der Waals surface area contributed by atoms with Crippen LogP contribution in [0.1, 0.15) is 48.2 Å². The number of nitrogens with zero attached hydrogens (tertiary/aromatic N) is 2. The van der Waals surface area contributed by atoms with Gasteiger partial charge in [-0.25, -0.2) is 4.99 Å². The molecule has 2 heterocycles. The minimum absolute atomic E-state index is 0.00133. The number of anilines is 1. The van der Waals surface area contributed by atoms with Gasteiger partial charge in [0.2, 0.25) is 0 Å². The van der Waals surface area contributed by atoms with Crippen LogP contribution in [-0.2, 0) is 0 Å². The highest BCUT2D eigenvalue weighted by Gasteiger charge is 2.35. The molecule has 5 heteroatoms. The number of nitrogens with one attached hydrogen (secondary N) is 1. The predicted molar refractivity (Wildman–Crippen MR) is 230 cm³/mol. The van der Waals surface area contributed by atoms with Crippen molar-refractivity contribution in [2.24, 2.45) is 9.98 Å². The molecule has 10 rings (SSSR count). The van der Waals surface area contributed by atoms with Crippen LogP contribution in [0.4, 0.5) is 5.69 Å². The zero-order valence-electron chi connectivity index (χ0n) is 30.7. The molecule has 4 nitrogen and oxygen atoms in total. The van der Waals surface area contributed by atoms with Crippen molar-refractivity contribution in [3.63, 3.8) is 0 Å². The van der Waals surface area contributed by atoms with E-state index in [-0.39, 0.29) is 12.1 Å². The van der Waals surface area contributed by atoms with E-state index in [1.54, 1.807) is 12.6 Å². The first-order valence-electron chi connectivity index (χ1n) is 18.9. The third-order valence-corrected chi connectivity index (χ3v) is 11.2. The Balaban J connectivity index is 1.01. The Bertz CT molecular complexity index is 2800. The van der Waals surface area contributed by atoms with Crippen LogP contribution in [0.5, 0.6) is 0 Å². The first-order chi connectivity index (χ1) is 27.1. The first-order valence-corrected chi connectivity index (χ1v) is 18.9. The summed E-state index contributed by atoms with van der Waals surface area (Å²) in [6.45, 7) is 4.14. The highest BCUT2D eigenvalue weighted by molar-refractivity contribution is 6.75. The standard InChI is InChI=1S/C50H37BN3O/c1-31(33-11-5-3-6-12-33)52-30-53-32(2)34-13-9-14-35(27-34)36-19-21-41-45(28-36)50(54-38-15-7-4-8-16-38)43-23-22-42-44-29-37(20-24-46(44)51-49(42)48(41)43)39-17-10-18-47-40(39)25-26-55-47/h3-30,32,50,54H,1-2H3. The van der Waals surface area contributed by atoms with Gasteiger partial charge < -0.3 is 9.73 Å². The topological polar surface area (TPSA) is 49.9 Å². The first kappa shape index (κ1) is 32.9. The third-order valence-electron chi connectivity index (χ3n) is 11.2. The molecule has 0 fully saturated rings. The van der Waals surface area contributed by atoms with Crippen LogP contribution >= 0.6 is 0 Å². The summed E-state index contributed by atoms with van der Waals surface area (Å²) >= 11 is 0. The van der Waals surface area contributed by atoms with E-state index in [9.17, 15) is 0 Å². The molecule has 1 radical (unpaired) electrons. The van der Waals surface area contributed by atoms with Crippen LogP contribution in [-0.4, -0.2) is 19.3 Å². The zero-order chi connectivity index (χ0) is 36.9. The Morgan fingerprint density at radius 1 is 0.673 bits per heavy atom. The molecule has 2 aliphatic rings. The summed E-state index contributed by atoms with van der Waals surface area (Å²) in [6, 6.07) is 56.3. The SMILES string of the molecule is CC(=NC=NC(C)c1cccc(-c2ccc3c(c2)C(Nc2ccccc2)c2ccc4c(c2-3)[B]c2ccc(-c3cccc5occc35)cc2-4)c1)c1ccccc1. The number of fused-ring (bicyclic) bond motifs is 8. The Morgan fingerprint density at radius 3 is 2.33 bits per heavy atom. The number of rotatable bonds is 8. The molecule has 0 spiro atoms. The molecule has 1 N–H and O–H groups in total. The summed E-state index contributed by atoms with van der Waals surface area (Å²) in [4.78, 5) is 9.41. The van der Waals surface area contributed by atoms with Gasteiger partial charge in [-0.1, -0.05) is 126 Å². The van der Waals surface area contributed by atoms with Gasteiger partial charge in [0.1, 0.15) is 11.9 Å². The molecule has 1 aliphatic heterocycles. The summed E-state index contributed by atoms with van der Waals surface area (Å²) in [7, 11) is 2.38. The molecule has 0 bridgehead atoms. The Hall–Kier alpha value is -6.72. The summed E-state index contributed by atoms with van der Waals surface area (Å²) < 4.78 is 5.73. The molecular weight excluding hydrogens is 669 g/mol. The molecule has 8 aromatic rings. The maximum absolute atomic E-state index is 5.73. The lowest BCUT2D eigenvalue weighted by Gasteiger charge is -2.19. The van der Waals surface area contributed by atoms with Crippen molar-refractivity contribution in [1.29, 1.82) is 0 Å². The van der Waals surface area contributed by atoms with E-state index in [1.165, 1.54) is 66.6 Å². The smallest absolute Gasteiger partial charge is 0.193 e. The monoisotopic (exact) mass is 706 g/mol. The second-order valence-corrected chi connectivity index (χ2v) is 14.5. The molecule has 1 aliphatic carbocycles. The highest BCUT2D eigenvalue weighted by Crippen LogP contribution is 2.47. The summed E-state index contributed by atoms with van der Waals surface area (Å²) in [5.74, 6) is 0. The molecule has 0 amide bonds. The molecule has 261 valence electrons. The van der Waals surface area contributed by atoms with Gasteiger partial charge in [-0.15, -0.1) is 0 Å². The van der Waals surface area contributed by atoms with Crippen molar-refractivity contribution in [2.75, 3.05) is 5.32 Å². The van der Waals surface area contributed by atoms with Gasteiger partial charge in [-0.3, -0.25) is 4.99 Å². The number of hydrogen-bond donors (Lipinski definition) is 1. The maximum Gasteiger partial charge on any atom is 0.193 e. The maximum atomic E-state index is 5.73. The van der Waals surface area contributed by atoms with Gasteiger partial charge in [0.15, 0.2) is 7.28 Å². The van der Waals surface area contributed by atoms with E-state index in [4.69, 9.17) is 9.41 Å². The fourth-order valence-corrected chi connectivity index (χ4v) is 8.32. The molecule has 7 aromatic carbocycles. The highest BCUT2D eigenvalue weighted by atomic mass is 16.3. The number of furan rings is 1. The molecular formula is C50H37BN3O. The van der Waals surface area contributed by atoms with Crippen molar-refractivity contribution in [2.45, 2.75) is 25.9 Å². The van der Waals surface area contributed by atoms with E-state index in [1.807, 2.05) is 31.2 Å². The quantitative estimate of drug-likeness (QED) is 0.0972. The zero-order valence-corrected chi connectivity index (χ0v) is 30.7. The second-order valence-electron chi connectivity index (χ2n) is 14.5. The van der Waals surface area contributed by atoms with E-state index in [0.29, 0.717) is 0 Å². The summed E-state index contributed by atoms with van der Waals surface area (Å²) in [5.41, 5.74) is 20.2. The average Bonchev–Trinajstić information content (AvgIpc) is 3.95. The second kappa shape index (κ2) is 13.6. The third kappa shape index (κ3) is 5.89. The van der Waals surface area contributed by atoms with Crippen LogP contribution < -0.4 is 16.2 Å². The Labute approximate surface area is 322 Å². The number of benzene rings is 7. The fraction of sp³-hybridized carbons (Fsp3) is 0.0800. The minimum Gasteiger partial charge on any atom is -0.464 e. The molecule has 2 atom stereocenters. The molecule has 0 saturated carbocycles. The van der Waals surface area contributed by atoms with Crippen molar-refractivity contribution in [1.82, 2.24) is 0 Å². The normalized spacial score (nSPS) is 14.7. The lowest BCUT2D eigenvalue weighted by molar-refractivity contribution is 0.616. The Morgan fingerprint density at radius 2 is 1.45 bits per heavy atom. The van der Waals surface area contributed by atoms with Crippen LogP contribution in [0.15, 0.2) is 178 Å². The lowest BCUT2D eigenvalue weighted by atomic mass is 9.65. The van der Waals surface area contributed by atoms with Gasteiger partial charge in [0.25, 0.3) is 0 Å². The van der Waals surface area contributed by atoms with E-state index in [2.05, 4.69) is 158 Å². The van der Waals surface area contributed by atoms with Gasteiger partial charge >= 0.3 is 0 Å². The van der Waals surface area contributed by atoms with Gasteiger partial charge in [0.05, 0.1) is 18.3 Å². The van der Waals surface area contributed by atoms with Crippen LogP contribution in [0.2, 0.25) is 0 Å². The van der Waals surface area contributed by atoms with Crippen molar-refractivity contribution in [3.8, 4) is 44.5 Å². The van der Waals surface area contributed by atoms with E-state index in [0.717, 1.165) is 33.5 Å². The van der Waals surface area contributed by atoms with E-state index >= 15 is 0 Å². The fourth-order valence-electron chi connectivity index (χ4n) is 8.32. The molecule has 1 aromatic heterocycles. The van der Waals surface area contributed by atoms with Gasteiger partial charge in [-0.2, -0.15) is 0 Å². The number of hydrogen-bond acceptors (Lipinski definition) is 3. The van der Waals surface area contributed by atoms with Crippen molar-refractivity contribution in [3.05, 3.63) is 186 Å². The van der Waals surface area contributed by atoms with Gasteiger partial charge in [-0.05, 0) is 123 Å².